The van der Waals surface area contributed by atoms with Gasteiger partial charge in [0.25, 0.3) is 0 Å². The normalized spacial score (nSPS) is 14.0. The van der Waals surface area contributed by atoms with Crippen LogP contribution in [-0.2, 0) is 12.8 Å². The van der Waals surface area contributed by atoms with E-state index in [9.17, 15) is 0 Å². The van der Waals surface area contributed by atoms with Gasteiger partial charge in [-0.3, -0.25) is 0 Å². The minimum atomic E-state index is 0.323. The summed E-state index contributed by atoms with van der Waals surface area (Å²) in [6, 6.07) is 2.04. The van der Waals surface area contributed by atoms with E-state index in [0.29, 0.717) is 17.8 Å². The molecule has 3 rings (SSSR count). The van der Waals surface area contributed by atoms with Crippen molar-refractivity contribution in [1.29, 1.82) is 0 Å². The SMILES string of the molecule is Cc1ccoc1C(C)CCc1coc(C(C)Cc2c(C)oc(C(C)C)c2C)c1C. The topological polar surface area (TPSA) is 39.4 Å². The summed E-state index contributed by atoms with van der Waals surface area (Å²) in [4.78, 5) is 0. The summed E-state index contributed by atoms with van der Waals surface area (Å²) in [5.41, 5.74) is 6.48. The van der Waals surface area contributed by atoms with Crippen LogP contribution in [0.3, 0.4) is 0 Å². The van der Waals surface area contributed by atoms with Crippen molar-refractivity contribution in [2.75, 3.05) is 0 Å². The first kappa shape index (κ1) is 21.5. The molecule has 0 aromatic carbocycles. The van der Waals surface area contributed by atoms with Crippen LogP contribution in [0.1, 0.15) is 103 Å². The van der Waals surface area contributed by atoms with E-state index in [1.54, 1.807) is 6.26 Å². The maximum atomic E-state index is 6.06. The van der Waals surface area contributed by atoms with E-state index in [1.807, 2.05) is 12.3 Å². The minimum Gasteiger partial charge on any atom is -0.469 e. The van der Waals surface area contributed by atoms with Gasteiger partial charge in [-0.05, 0) is 80.8 Å². The molecule has 0 aliphatic heterocycles. The van der Waals surface area contributed by atoms with Crippen molar-refractivity contribution in [3.05, 3.63) is 69.5 Å². The Balaban J connectivity index is 1.70. The Hall–Kier alpha value is -2.16. The van der Waals surface area contributed by atoms with Crippen LogP contribution in [0.4, 0.5) is 0 Å². The standard InChI is InChI=1S/C26H36O3/c1-15(2)24-20(7)23(21(8)29-24)13-18(5)26-19(6)22(14-28-26)10-9-16(3)25-17(4)11-12-27-25/h11-12,14-16,18H,9-10,13H2,1-8H3. The Kier molecular flexibility index (Phi) is 6.45. The molecule has 3 aromatic heterocycles. The highest BCUT2D eigenvalue weighted by molar-refractivity contribution is 5.36. The van der Waals surface area contributed by atoms with E-state index >= 15 is 0 Å². The van der Waals surface area contributed by atoms with Crippen LogP contribution in [0.25, 0.3) is 0 Å². The highest BCUT2D eigenvalue weighted by atomic mass is 16.3. The molecule has 0 aliphatic carbocycles. The van der Waals surface area contributed by atoms with Crippen LogP contribution in [0.15, 0.2) is 31.8 Å². The van der Waals surface area contributed by atoms with Gasteiger partial charge in [0.05, 0.1) is 12.5 Å². The van der Waals surface area contributed by atoms with Gasteiger partial charge >= 0.3 is 0 Å². The van der Waals surface area contributed by atoms with Gasteiger partial charge in [-0.1, -0.05) is 27.7 Å². The smallest absolute Gasteiger partial charge is 0.110 e. The van der Waals surface area contributed by atoms with E-state index in [0.717, 1.165) is 42.3 Å². The maximum Gasteiger partial charge on any atom is 0.110 e. The van der Waals surface area contributed by atoms with E-state index in [1.165, 1.54) is 27.8 Å². The molecule has 0 bridgehead atoms. The first-order chi connectivity index (χ1) is 13.7. The molecule has 3 heterocycles. The second-order valence-corrected chi connectivity index (χ2v) is 9.04. The fraction of sp³-hybridized carbons (Fsp3) is 0.538. The van der Waals surface area contributed by atoms with Crippen molar-refractivity contribution >= 4 is 0 Å². The van der Waals surface area contributed by atoms with Gasteiger partial charge in [0.15, 0.2) is 0 Å². The molecule has 2 unspecified atom stereocenters. The molecule has 3 heteroatoms. The zero-order valence-corrected chi connectivity index (χ0v) is 19.3. The molecule has 0 radical (unpaired) electrons. The second-order valence-electron chi connectivity index (χ2n) is 9.04. The summed E-state index contributed by atoms with van der Waals surface area (Å²) < 4.78 is 17.8. The van der Waals surface area contributed by atoms with Gasteiger partial charge in [0.2, 0.25) is 0 Å². The Morgan fingerprint density at radius 1 is 0.828 bits per heavy atom. The van der Waals surface area contributed by atoms with Crippen molar-refractivity contribution in [3.63, 3.8) is 0 Å². The van der Waals surface area contributed by atoms with Gasteiger partial charge in [0.1, 0.15) is 23.0 Å². The van der Waals surface area contributed by atoms with Crippen LogP contribution >= 0.6 is 0 Å². The summed E-state index contributed by atoms with van der Waals surface area (Å²) in [7, 11) is 0. The van der Waals surface area contributed by atoms with Gasteiger partial charge in [-0.2, -0.15) is 0 Å². The maximum absolute atomic E-state index is 6.06. The Morgan fingerprint density at radius 2 is 1.55 bits per heavy atom. The Bertz CT molecular complexity index is 951. The van der Waals surface area contributed by atoms with Crippen LogP contribution < -0.4 is 0 Å². The molecule has 0 N–H and O–H groups in total. The molecular formula is C26H36O3. The van der Waals surface area contributed by atoms with Crippen molar-refractivity contribution in [2.24, 2.45) is 0 Å². The fourth-order valence-electron chi connectivity index (χ4n) is 4.56. The predicted molar refractivity (Wildman–Crippen MR) is 118 cm³/mol. The van der Waals surface area contributed by atoms with Crippen molar-refractivity contribution < 1.29 is 13.3 Å². The third-order valence-electron chi connectivity index (χ3n) is 6.37. The highest BCUT2D eigenvalue weighted by Crippen LogP contribution is 2.34. The molecule has 0 aliphatic rings. The van der Waals surface area contributed by atoms with E-state index < -0.39 is 0 Å². The number of furan rings is 3. The highest BCUT2D eigenvalue weighted by Gasteiger charge is 2.23. The number of hydrogen-bond acceptors (Lipinski definition) is 3. The summed E-state index contributed by atoms with van der Waals surface area (Å²) in [6.45, 7) is 17.4. The summed E-state index contributed by atoms with van der Waals surface area (Å²) in [5.74, 6) is 5.51. The Labute approximate surface area is 175 Å². The molecule has 158 valence electrons. The van der Waals surface area contributed by atoms with E-state index in [4.69, 9.17) is 13.3 Å². The van der Waals surface area contributed by atoms with Crippen LogP contribution in [-0.4, -0.2) is 0 Å². The van der Waals surface area contributed by atoms with Crippen molar-refractivity contribution in [3.8, 4) is 0 Å². The summed E-state index contributed by atoms with van der Waals surface area (Å²) >= 11 is 0. The summed E-state index contributed by atoms with van der Waals surface area (Å²) in [5, 5.41) is 0. The lowest BCUT2D eigenvalue weighted by Crippen LogP contribution is -2.02. The average Bonchev–Trinajstić information content (AvgIpc) is 3.33. The molecule has 29 heavy (non-hydrogen) atoms. The molecule has 0 amide bonds. The number of hydrogen-bond donors (Lipinski definition) is 0. The van der Waals surface area contributed by atoms with Crippen molar-refractivity contribution in [1.82, 2.24) is 0 Å². The molecule has 3 aromatic rings. The predicted octanol–water partition coefficient (Wildman–Crippen LogP) is 7.91. The molecule has 2 atom stereocenters. The number of rotatable bonds is 8. The molecule has 3 nitrogen and oxygen atoms in total. The first-order valence-corrected chi connectivity index (χ1v) is 10.9. The van der Waals surface area contributed by atoms with Gasteiger partial charge < -0.3 is 13.3 Å². The van der Waals surface area contributed by atoms with Gasteiger partial charge in [-0.15, -0.1) is 0 Å². The monoisotopic (exact) mass is 396 g/mol. The lowest BCUT2D eigenvalue weighted by atomic mass is 9.91. The van der Waals surface area contributed by atoms with Gasteiger partial charge in [0, 0.05) is 17.8 Å². The van der Waals surface area contributed by atoms with Crippen molar-refractivity contribution in [2.45, 2.75) is 92.4 Å². The lowest BCUT2D eigenvalue weighted by Gasteiger charge is -2.12. The molecule has 0 spiro atoms. The zero-order valence-electron chi connectivity index (χ0n) is 19.3. The van der Waals surface area contributed by atoms with E-state index in [2.05, 4.69) is 55.4 Å². The largest absolute Gasteiger partial charge is 0.469 e. The van der Waals surface area contributed by atoms with Crippen LogP contribution in [0.2, 0.25) is 0 Å². The second kappa shape index (κ2) is 8.69. The van der Waals surface area contributed by atoms with Crippen LogP contribution in [0.5, 0.6) is 0 Å². The first-order valence-electron chi connectivity index (χ1n) is 10.9. The molecule has 0 fully saturated rings. The van der Waals surface area contributed by atoms with Crippen LogP contribution in [0, 0.1) is 27.7 Å². The lowest BCUT2D eigenvalue weighted by molar-refractivity contribution is 0.451. The fourth-order valence-corrected chi connectivity index (χ4v) is 4.56. The molecular weight excluding hydrogens is 360 g/mol. The molecule has 0 saturated heterocycles. The average molecular weight is 397 g/mol. The zero-order chi connectivity index (χ0) is 21.3. The Morgan fingerprint density at radius 3 is 2.14 bits per heavy atom. The third-order valence-corrected chi connectivity index (χ3v) is 6.37. The van der Waals surface area contributed by atoms with Gasteiger partial charge in [-0.25, -0.2) is 0 Å². The minimum absolute atomic E-state index is 0.323. The third kappa shape index (κ3) is 4.39. The van der Waals surface area contributed by atoms with E-state index in [-0.39, 0.29) is 0 Å². The number of aryl methyl sites for hydroxylation is 3. The quantitative estimate of drug-likeness (QED) is 0.388. The summed E-state index contributed by atoms with van der Waals surface area (Å²) in [6.07, 6.45) is 6.75. The molecule has 0 saturated carbocycles.